The minimum Gasteiger partial charge on any atom is -0.387 e. The molecule has 0 bridgehead atoms. The van der Waals surface area contributed by atoms with Crippen LogP contribution in [0.1, 0.15) is 49.4 Å². The highest BCUT2D eigenvalue weighted by atomic mass is 35.5. The Morgan fingerprint density at radius 3 is 2.62 bits per heavy atom. The van der Waals surface area contributed by atoms with Gasteiger partial charge in [0.15, 0.2) is 5.65 Å². The summed E-state index contributed by atoms with van der Waals surface area (Å²) in [5.41, 5.74) is -0.736. The first-order valence-corrected chi connectivity index (χ1v) is 10.3. The highest BCUT2D eigenvalue weighted by Gasteiger charge is 2.47. The second kappa shape index (κ2) is 7.87. The maximum Gasteiger partial charge on any atom is 0.301 e. The Balaban J connectivity index is 1.73. The lowest BCUT2D eigenvalue weighted by Crippen LogP contribution is -2.29. The van der Waals surface area contributed by atoms with E-state index in [-0.39, 0.29) is 16.4 Å². The van der Waals surface area contributed by atoms with Crippen molar-refractivity contribution < 1.29 is 18.3 Å². The van der Waals surface area contributed by atoms with Crippen LogP contribution < -0.4 is 5.32 Å². The molecule has 2 aromatic heterocycles. The lowest BCUT2D eigenvalue weighted by Gasteiger charge is -2.23. The number of halogens is 4. The molecule has 10 heteroatoms. The van der Waals surface area contributed by atoms with E-state index in [0.29, 0.717) is 29.6 Å². The second-order valence-electron chi connectivity index (χ2n) is 7.99. The van der Waals surface area contributed by atoms with Crippen LogP contribution in [-0.4, -0.2) is 26.2 Å². The number of aliphatic hydroxyl groups is 1. The molecule has 1 aliphatic carbocycles. The fourth-order valence-electron chi connectivity index (χ4n) is 3.63. The summed E-state index contributed by atoms with van der Waals surface area (Å²) in [5.74, 6) is -4.55. The van der Waals surface area contributed by atoms with Gasteiger partial charge in [-0.25, -0.2) is 19.3 Å². The normalized spacial score (nSPS) is 16.9. The van der Waals surface area contributed by atoms with Crippen molar-refractivity contribution in [2.45, 2.75) is 50.2 Å². The van der Waals surface area contributed by atoms with Gasteiger partial charge in [0.05, 0.1) is 28.5 Å². The topological polar surface area (TPSA) is 94.7 Å². The minimum absolute atomic E-state index is 0.0209. The van der Waals surface area contributed by atoms with E-state index in [0.717, 1.165) is 13.0 Å². The number of aromatic nitrogens is 3. The first kappa shape index (κ1) is 22.2. The lowest BCUT2D eigenvalue weighted by atomic mass is 9.97. The number of fused-ring (bicyclic) bond motifs is 1. The van der Waals surface area contributed by atoms with Crippen LogP contribution in [0.25, 0.3) is 11.0 Å². The molecule has 0 amide bonds. The Morgan fingerprint density at radius 2 is 2.00 bits per heavy atom. The van der Waals surface area contributed by atoms with E-state index in [4.69, 9.17) is 11.6 Å². The molecule has 6 nitrogen and oxygen atoms in total. The molecule has 0 unspecified atom stereocenters. The molecular formula is C22H19ClF3N5O. The van der Waals surface area contributed by atoms with Crippen molar-refractivity contribution in [2.24, 2.45) is 0 Å². The van der Waals surface area contributed by atoms with E-state index in [1.165, 1.54) is 18.5 Å². The molecule has 166 valence electrons. The Kier molecular flexibility index (Phi) is 5.47. The Labute approximate surface area is 187 Å². The lowest BCUT2D eigenvalue weighted by molar-refractivity contribution is -0.108. The molecule has 32 heavy (non-hydrogen) atoms. The van der Waals surface area contributed by atoms with Gasteiger partial charge in [0, 0.05) is 11.1 Å². The summed E-state index contributed by atoms with van der Waals surface area (Å²) < 4.78 is 43.5. The van der Waals surface area contributed by atoms with Gasteiger partial charge >= 0.3 is 5.92 Å². The van der Waals surface area contributed by atoms with Crippen LogP contribution in [0.4, 0.5) is 19.0 Å². The number of pyridine rings is 1. The number of rotatable bonds is 6. The third-order valence-corrected chi connectivity index (χ3v) is 6.08. The molecule has 1 saturated carbocycles. The molecule has 4 rings (SSSR count). The van der Waals surface area contributed by atoms with Gasteiger partial charge in [-0.2, -0.15) is 14.0 Å². The van der Waals surface area contributed by atoms with E-state index in [9.17, 15) is 23.5 Å². The van der Waals surface area contributed by atoms with E-state index >= 15 is 0 Å². The monoisotopic (exact) mass is 461 g/mol. The SMILES string of the molecule is C[C@@H](Nc1ncnc2nc(Cl)c(C3(C#N)CC3)cc12)c1cccc(C(F)(F)[C@@H](C)O)c1F. The van der Waals surface area contributed by atoms with Crippen LogP contribution in [0.15, 0.2) is 30.6 Å². The summed E-state index contributed by atoms with van der Waals surface area (Å²) >= 11 is 6.28. The van der Waals surface area contributed by atoms with Crippen LogP contribution in [0, 0.1) is 17.1 Å². The number of hydrogen-bond acceptors (Lipinski definition) is 6. The quantitative estimate of drug-likeness (QED) is 0.500. The van der Waals surface area contributed by atoms with Crippen LogP contribution in [0.5, 0.6) is 0 Å². The van der Waals surface area contributed by atoms with Gasteiger partial charge in [0.1, 0.15) is 29.2 Å². The average Bonchev–Trinajstić information content (AvgIpc) is 3.54. The van der Waals surface area contributed by atoms with Gasteiger partial charge in [0.2, 0.25) is 0 Å². The zero-order valence-corrected chi connectivity index (χ0v) is 18.0. The summed E-state index contributed by atoms with van der Waals surface area (Å²) in [5, 5.41) is 22.6. The number of nitrogens with one attached hydrogen (secondary N) is 1. The largest absolute Gasteiger partial charge is 0.387 e. The fourth-order valence-corrected chi connectivity index (χ4v) is 3.95. The molecule has 1 fully saturated rings. The number of benzene rings is 1. The number of anilines is 1. The highest BCUT2D eigenvalue weighted by Crippen LogP contribution is 2.50. The smallest absolute Gasteiger partial charge is 0.301 e. The molecule has 0 radical (unpaired) electrons. The molecule has 1 aliphatic rings. The van der Waals surface area contributed by atoms with Gasteiger partial charge in [-0.15, -0.1) is 0 Å². The highest BCUT2D eigenvalue weighted by molar-refractivity contribution is 6.30. The first-order chi connectivity index (χ1) is 15.1. The third-order valence-electron chi connectivity index (χ3n) is 5.79. The fraction of sp³-hybridized carbons (Fsp3) is 0.364. The summed E-state index contributed by atoms with van der Waals surface area (Å²) in [6.45, 7) is 2.50. The summed E-state index contributed by atoms with van der Waals surface area (Å²) in [4.78, 5) is 12.6. The first-order valence-electron chi connectivity index (χ1n) is 9.95. The molecular weight excluding hydrogens is 443 g/mol. The Morgan fingerprint density at radius 1 is 1.28 bits per heavy atom. The van der Waals surface area contributed by atoms with E-state index in [2.05, 4.69) is 26.3 Å². The number of aliphatic hydroxyl groups excluding tert-OH is 1. The maximum atomic E-state index is 15.0. The van der Waals surface area contributed by atoms with Gasteiger partial charge in [-0.05, 0) is 38.8 Å². The summed E-state index contributed by atoms with van der Waals surface area (Å²) in [6, 6.07) is 6.85. The Bertz CT molecular complexity index is 1240. The standard InChI is InChI=1S/C22H19ClF3N5O/c1-11(13-4-3-5-15(17(13)24)22(25,26)12(2)32)30-19-14-8-16(21(9-27)6-7-21)18(23)31-20(14)29-10-28-19/h3-5,8,10-12,32H,6-7H2,1-2H3,(H,28,29,30,31)/t11-,12-/m1/s1. The van der Waals surface area contributed by atoms with Crippen molar-refractivity contribution in [1.29, 1.82) is 5.26 Å². The molecule has 2 heterocycles. The van der Waals surface area contributed by atoms with E-state index < -0.39 is 34.9 Å². The molecule has 3 aromatic rings. The summed E-state index contributed by atoms with van der Waals surface area (Å²) in [6.07, 6.45) is 0.536. The minimum atomic E-state index is -3.74. The zero-order chi connectivity index (χ0) is 23.3. The molecule has 1 aromatic carbocycles. The molecule has 2 atom stereocenters. The Hall–Kier alpha value is -2.96. The van der Waals surface area contributed by atoms with Crippen LogP contribution >= 0.6 is 11.6 Å². The van der Waals surface area contributed by atoms with Crippen molar-refractivity contribution in [2.75, 3.05) is 5.32 Å². The second-order valence-corrected chi connectivity index (χ2v) is 8.35. The van der Waals surface area contributed by atoms with Crippen LogP contribution in [-0.2, 0) is 11.3 Å². The van der Waals surface area contributed by atoms with Crippen molar-refractivity contribution in [1.82, 2.24) is 15.0 Å². The molecule has 2 N–H and O–H groups in total. The number of nitrogens with zero attached hydrogens (tertiary/aromatic N) is 4. The molecule has 0 aliphatic heterocycles. The van der Waals surface area contributed by atoms with Crippen molar-refractivity contribution in [3.63, 3.8) is 0 Å². The van der Waals surface area contributed by atoms with Crippen molar-refractivity contribution >= 4 is 28.5 Å². The van der Waals surface area contributed by atoms with Gasteiger partial charge in [-0.3, -0.25) is 0 Å². The zero-order valence-electron chi connectivity index (χ0n) is 17.2. The molecule has 0 spiro atoms. The maximum absolute atomic E-state index is 15.0. The van der Waals surface area contributed by atoms with Crippen LogP contribution in [0.3, 0.4) is 0 Å². The van der Waals surface area contributed by atoms with Gasteiger partial charge < -0.3 is 10.4 Å². The van der Waals surface area contributed by atoms with Crippen LogP contribution in [0.2, 0.25) is 5.15 Å². The number of hydrogen-bond donors (Lipinski definition) is 2. The van der Waals surface area contributed by atoms with Gasteiger partial charge in [-0.1, -0.05) is 23.7 Å². The number of nitriles is 1. The van der Waals surface area contributed by atoms with E-state index in [1.807, 2.05) is 0 Å². The predicted octanol–water partition coefficient (Wildman–Crippen LogP) is 5.02. The van der Waals surface area contributed by atoms with Gasteiger partial charge in [0.25, 0.3) is 0 Å². The number of alkyl halides is 2. The molecule has 0 saturated heterocycles. The predicted molar refractivity (Wildman–Crippen MR) is 113 cm³/mol. The summed E-state index contributed by atoms with van der Waals surface area (Å²) in [7, 11) is 0. The van der Waals surface area contributed by atoms with Crippen molar-refractivity contribution in [3.8, 4) is 6.07 Å². The third kappa shape index (κ3) is 3.63. The van der Waals surface area contributed by atoms with E-state index in [1.54, 1.807) is 13.0 Å². The average molecular weight is 462 g/mol. The van der Waals surface area contributed by atoms with Crippen molar-refractivity contribution in [3.05, 3.63) is 58.3 Å².